The van der Waals surface area contributed by atoms with Crippen molar-refractivity contribution in [3.05, 3.63) is 0 Å². The Morgan fingerprint density at radius 1 is 0.818 bits per heavy atom. The van der Waals surface area contributed by atoms with Gasteiger partial charge in [-0.1, -0.05) is 78.6 Å². The summed E-state index contributed by atoms with van der Waals surface area (Å²) >= 11 is 0. The van der Waals surface area contributed by atoms with Gasteiger partial charge in [0.1, 0.15) is 0 Å². The van der Waals surface area contributed by atoms with Crippen LogP contribution in [0.2, 0.25) is 0 Å². The second-order valence-electron chi connectivity index (χ2n) is 6.29. The van der Waals surface area contributed by atoms with Gasteiger partial charge in [0.25, 0.3) is 0 Å². The highest BCUT2D eigenvalue weighted by Gasteiger charge is 2.03. The molecule has 0 saturated carbocycles. The third-order valence-corrected chi connectivity index (χ3v) is 3.76. The summed E-state index contributed by atoms with van der Waals surface area (Å²) < 4.78 is 34.1. The molecule has 136 valence electrons. The third kappa shape index (κ3) is 28.1. The fraction of sp³-hybridized carbons (Fsp3) is 1.00. The van der Waals surface area contributed by atoms with Crippen LogP contribution in [0.25, 0.3) is 0 Å². The molecule has 0 aliphatic heterocycles. The fourth-order valence-electron chi connectivity index (χ4n) is 2.32. The number of hydrogen-bond donors (Lipinski definition) is 1. The molecule has 0 spiro atoms. The average Bonchev–Trinajstić information content (AvgIpc) is 2.41. The topological polar surface area (TPSA) is 100 Å². The molecule has 0 aliphatic carbocycles. The Kier molecular flexibility index (Phi) is 17.2. The number of hydrogen-bond acceptors (Lipinski definition) is 5. The Bertz CT molecular complexity index is 308. The Morgan fingerprint density at radius 2 is 1.18 bits per heavy atom. The van der Waals surface area contributed by atoms with Crippen molar-refractivity contribution in [2.24, 2.45) is 11.8 Å². The minimum absolute atomic E-state index is 0.354. The number of unbranched alkanes of at least 4 members (excludes halogenated alkanes) is 5. The van der Waals surface area contributed by atoms with Gasteiger partial charge in [0.15, 0.2) is 0 Å². The van der Waals surface area contributed by atoms with E-state index < -0.39 is 10.4 Å². The van der Waals surface area contributed by atoms with E-state index in [1.165, 1.54) is 64.2 Å². The normalized spacial score (nSPS) is 14.1. The van der Waals surface area contributed by atoms with Crippen LogP contribution in [0.4, 0.5) is 0 Å². The lowest BCUT2D eigenvalue weighted by atomic mass is 9.95. The summed E-state index contributed by atoms with van der Waals surface area (Å²) in [5.74, 6) is 1.40. The predicted molar refractivity (Wildman–Crippen MR) is 87.7 cm³/mol. The molecule has 0 aromatic carbocycles. The lowest BCUT2D eigenvalue weighted by Gasteiger charge is -2.12. The summed E-state index contributed by atoms with van der Waals surface area (Å²) in [6.07, 6.45) is 13.7. The van der Waals surface area contributed by atoms with E-state index in [9.17, 15) is 0 Å². The Hall–Kier alpha value is -0.170. The van der Waals surface area contributed by atoms with Crippen LogP contribution < -0.4 is 0 Å². The van der Waals surface area contributed by atoms with E-state index in [2.05, 4.69) is 20.8 Å². The summed E-state index contributed by atoms with van der Waals surface area (Å²) in [5.41, 5.74) is 0. The van der Waals surface area contributed by atoms with Crippen LogP contribution in [-0.4, -0.2) is 29.2 Å². The van der Waals surface area contributed by atoms with Gasteiger partial charge in [-0.25, -0.2) is 0 Å². The van der Waals surface area contributed by atoms with E-state index in [1.54, 1.807) is 0 Å². The monoisotopic (exact) mass is 338 g/mol. The highest BCUT2D eigenvalue weighted by molar-refractivity contribution is 7.79. The molecule has 0 heterocycles. The zero-order valence-electron chi connectivity index (χ0n) is 14.4. The molecule has 22 heavy (non-hydrogen) atoms. The summed E-state index contributed by atoms with van der Waals surface area (Å²) in [6, 6.07) is 0. The molecule has 0 radical (unpaired) electrons. The molecule has 1 N–H and O–H groups in total. The van der Waals surface area contributed by atoms with Gasteiger partial charge in [-0.2, -0.15) is 0 Å². The van der Waals surface area contributed by atoms with E-state index >= 15 is 0 Å². The molecule has 0 amide bonds. The lowest BCUT2D eigenvalue weighted by molar-refractivity contribution is 0.226. The highest BCUT2D eigenvalue weighted by atomic mass is 32.3. The first kappa shape index (κ1) is 24.1. The summed E-state index contributed by atoms with van der Waals surface area (Å²) in [5, 5.41) is 8.93. The molecule has 6 heteroatoms. The van der Waals surface area contributed by atoms with Crippen molar-refractivity contribution in [2.45, 2.75) is 85.0 Å². The van der Waals surface area contributed by atoms with Crippen molar-refractivity contribution >= 4 is 10.4 Å². The molecule has 2 atom stereocenters. The van der Waals surface area contributed by atoms with Gasteiger partial charge in [-0.05, 0) is 18.3 Å². The molecule has 0 rings (SSSR count). The van der Waals surface area contributed by atoms with Crippen molar-refractivity contribution in [3.8, 4) is 0 Å². The Morgan fingerprint density at radius 3 is 1.59 bits per heavy atom. The van der Waals surface area contributed by atoms with Gasteiger partial charge in [0.2, 0.25) is 0 Å². The molecule has 5 nitrogen and oxygen atoms in total. The third-order valence-electron chi connectivity index (χ3n) is 3.76. The minimum Gasteiger partial charge on any atom is -0.759 e. The number of rotatable bonds is 12. The van der Waals surface area contributed by atoms with E-state index in [1.807, 2.05) is 0 Å². The van der Waals surface area contributed by atoms with Crippen LogP contribution in [0.5, 0.6) is 0 Å². The predicted octanol–water partition coefficient (Wildman–Crippen LogP) is 3.83. The molecular formula is C16H34O5S-2. The van der Waals surface area contributed by atoms with Gasteiger partial charge in [0.05, 0.1) is 0 Å². The van der Waals surface area contributed by atoms with Crippen molar-refractivity contribution in [1.29, 1.82) is 0 Å². The smallest absolute Gasteiger partial charge is 0.0456 e. The highest BCUT2D eigenvalue weighted by Crippen LogP contribution is 2.18. The first-order valence-electron chi connectivity index (χ1n) is 8.48. The zero-order chi connectivity index (χ0) is 17.4. The molecular weight excluding hydrogens is 304 g/mol. The van der Waals surface area contributed by atoms with Gasteiger partial charge in [-0.15, -0.1) is 0 Å². The van der Waals surface area contributed by atoms with Gasteiger partial charge in [-0.3, -0.25) is 8.42 Å². The minimum atomic E-state index is -5.17. The summed E-state index contributed by atoms with van der Waals surface area (Å²) in [6.45, 7) is 7.16. The van der Waals surface area contributed by atoms with Gasteiger partial charge >= 0.3 is 0 Å². The molecule has 0 bridgehead atoms. The van der Waals surface area contributed by atoms with E-state index in [-0.39, 0.29) is 0 Å². The number of aliphatic hydroxyl groups excluding tert-OH is 1. The quantitative estimate of drug-likeness (QED) is 0.331. The summed E-state index contributed by atoms with van der Waals surface area (Å²) in [4.78, 5) is 0. The van der Waals surface area contributed by atoms with Crippen molar-refractivity contribution < 1.29 is 22.6 Å². The maximum atomic E-state index is 8.93. The lowest BCUT2D eigenvalue weighted by Crippen LogP contribution is -2.01. The second kappa shape index (κ2) is 15.7. The maximum Gasteiger partial charge on any atom is 0.0456 e. The zero-order valence-corrected chi connectivity index (χ0v) is 15.2. The first-order valence-corrected chi connectivity index (χ1v) is 9.81. The maximum absolute atomic E-state index is 8.93. The van der Waals surface area contributed by atoms with E-state index in [4.69, 9.17) is 22.6 Å². The van der Waals surface area contributed by atoms with Crippen LogP contribution in [0, 0.1) is 11.8 Å². The Balaban J connectivity index is 0. The molecule has 0 fully saturated rings. The first-order chi connectivity index (χ1) is 10.2. The molecule has 0 aromatic rings. The van der Waals surface area contributed by atoms with Crippen LogP contribution >= 0.6 is 0 Å². The summed E-state index contributed by atoms with van der Waals surface area (Å²) in [7, 11) is -5.17. The van der Waals surface area contributed by atoms with Crippen molar-refractivity contribution in [3.63, 3.8) is 0 Å². The van der Waals surface area contributed by atoms with Crippen LogP contribution in [0.1, 0.15) is 85.0 Å². The second-order valence-corrected chi connectivity index (χ2v) is 7.11. The molecule has 0 aromatic heterocycles. The SMILES string of the molecule is CCCCCCCC(C)CCCCC(C)CO.O=S(=O)([O-])[O-]. The van der Waals surface area contributed by atoms with E-state index in [0.29, 0.717) is 12.5 Å². The molecule has 0 saturated heterocycles. The number of aliphatic hydroxyl groups is 1. The molecule has 2 unspecified atom stereocenters. The average molecular weight is 339 g/mol. The van der Waals surface area contributed by atoms with Crippen LogP contribution in [0.15, 0.2) is 0 Å². The van der Waals surface area contributed by atoms with Gasteiger partial charge in [0, 0.05) is 17.0 Å². The van der Waals surface area contributed by atoms with E-state index in [0.717, 1.165) is 5.92 Å². The van der Waals surface area contributed by atoms with Crippen LogP contribution in [-0.2, 0) is 10.4 Å². The fourth-order valence-corrected chi connectivity index (χ4v) is 2.32. The standard InChI is InChI=1S/C16H34O.H2O4S/c1-4-5-6-7-8-11-15(2)12-9-10-13-16(3)14-17;1-5(2,3)4/h15-17H,4-14H2,1-3H3;(H2,1,2,3,4)/p-2. The largest absolute Gasteiger partial charge is 0.759 e. The van der Waals surface area contributed by atoms with Crippen LogP contribution in [0.3, 0.4) is 0 Å². The Labute approximate surface area is 137 Å². The van der Waals surface area contributed by atoms with Crippen molar-refractivity contribution in [2.75, 3.05) is 6.61 Å². The molecule has 0 aliphatic rings. The van der Waals surface area contributed by atoms with Crippen molar-refractivity contribution in [1.82, 2.24) is 0 Å². The van der Waals surface area contributed by atoms with Gasteiger partial charge < -0.3 is 14.2 Å².